The molecule has 0 aliphatic carbocycles. The van der Waals surface area contributed by atoms with Crippen LogP contribution in [0.4, 0.5) is 26.3 Å². The van der Waals surface area contributed by atoms with E-state index in [0.29, 0.717) is 12.1 Å². The highest BCUT2D eigenvalue weighted by Gasteiger charge is 2.35. The first-order valence-electron chi connectivity index (χ1n) is 5.02. The van der Waals surface area contributed by atoms with E-state index in [-0.39, 0.29) is 0 Å². The molecule has 0 atom stereocenters. The second-order valence-corrected chi connectivity index (χ2v) is 3.79. The fourth-order valence-electron chi connectivity index (χ4n) is 1.62. The van der Waals surface area contributed by atoms with Gasteiger partial charge in [-0.3, -0.25) is 5.10 Å². The second-order valence-electron chi connectivity index (χ2n) is 3.79. The lowest BCUT2D eigenvalue weighted by Gasteiger charge is -2.08. The van der Waals surface area contributed by atoms with Gasteiger partial charge in [-0.25, -0.2) is 13.2 Å². The molecule has 0 radical (unpaired) electrons. The Balaban J connectivity index is 2.40. The van der Waals surface area contributed by atoms with Gasteiger partial charge in [-0.05, 0) is 0 Å². The van der Waals surface area contributed by atoms with Crippen molar-refractivity contribution in [3.8, 4) is 0 Å². The van der Waals surface area contributed by atoms with Gasteiger partial charge in [-0.15, -0.1) is 0 Å². The molecule has 0 aliphatic rings. The summed E-state index contributed by atoms with van der Waals surface area (Å²) in [6, 6.07) is 0.817. The van der Waals surface area contributed by atoms with Crippen molar-refractivity contribution >= 4 is 0 Å². The Kier molecular flexibility index (Phi) is 3.25. The number of aromatic nitrogens is 2. The van der Waals surface area contributed by atoms with Crippen LogP contribution in [0.15, 0.2) is 18.3 Å². The third kappa shape index (κ3) is 2.72. The van der Waals surface area contributed by atoms with Crippen LogP contribution in [-0.2, 0) is 12.6 Å². The first-order chi connectivity index (χ1) is 8.79. The molecule has 0 saturated carbocycles. The van der Waals surface area contributed by atoms with Crippen LogP contribution in [-0.4, -0.2) is 10.2 Å². The Hall–Kier alpha value is -1.99. The highest BCUT2D eigenvalue weighted by Crippen LogP contribution is 2.31. The van der Waals surface area contributed by atoms with Gasteiger partial charge in [0.1, 0.15) is 23.1 Å². The molecule has 2 aromatic rings. The number of hydrogen-bond acceptors (Lipinski definition) is 1. The lowest BCUT2D eigenvalue weighted by Crippen LogP contribution is -2.10. The Labute approximate surface area is 103 Å². The van der Waals surface area contributed by atoms with Crippen molar-refractivity contribution < 1.29 is 26.3 Å². The normalized spacial score (nSPS) is 11.9. The second kappa shape index (κ2) is 4.60. The van der Waals surface area contributed by atoms with Crippen molar-refractivity contribution in [1.82, 2.24) is 10.2 Å². The van der Waals surface area contributed by atoms with Crippen LogP contribution in [0, 0.1) is 17.5 Å². The Morgan fingerprint density at radius 1 is 1.05 bits per heavy atom. The molecule has 1 aromatic heterocycles. The van der Waals surface area contributed by atoms with Gasteiger partial charge in [0.25, 0.3) is 0 Å². The molecule has 0 spiro atoms. The van der Waals surface area contributed by atoms with E-state index < -0.39 is 46.9 Å². The molecular formula is C11H6F6N2. The smallest absolute Gasteiger partial charge is 0.273 e. The number of benzene rings is 1. The molecule has 19 heavy (non-hydrogen) atoms. The summed E-state index contributed by atoms with van der Waals surface area (Å²) in [5, 5.41) is 4.92. The summed E-state index contributed by atoms with van der Waals surface area (Å²) in [5.74, 6) is -3.62. The minimum atomic E-state index is -4.71. The predicted octanol–water partition coefficient (Wildman–Crippen LogP) is 3.44. The SMILES string of the molecule is Fc1cc(F)c(Cc2cn[nH]c2C(F)(F)F)c(F)c1. The van der Waals surface area contributed by atoms with Gasteiger partial charge in [-0.2, -0.15) is 18.3 Å². The van der Waals surface area contributed by atoms with E-state index in [4.69, 9.17) is 0 Å². The van der Waals surface area contributed by atoms with Gasteiger partial charge < -0.3 is 0 Å². The van der Waals surface area contributed by atoms with E-state index in [1.165, 1.54) is 0 Å². The van der Waals surface area contributed by atoms with E-state index in [0.717, 1.165) is 6.20 Å². The summed E-state index contributed by atoms with van der Waals surface area (Å²) >= 11 is 0. The van der Waals surface area contributed by atoms with Crippen molar-refractivity contribution in [2.24, 2.45) is 0 Å². The van der Waals surface area contributed by atoms with Crippen LogP contribution < -0.4 is 0 Å². The number of rotatable bonds is 2. The maximum Gasteiger partial charge on any atom is 0.433 e. The predicted molar refractivity (Wildman–Crippen MR) is 52.7 cm³/mol. The zero-order valence-corrected chi connectivity index (χ0v) is 9.15. The first kappa shape index (κ1) is 13.4. The van der Waals surface area contributed by atoms with E-state index in [9.17, 15) is 26.3 Å². The fraction of sp³-hybridized carbons (Fsp3) is 0.182. The minimum Gasteiger partial charge on any atom is -0.273 e. The molecule has 1 heterocycles. The van der Waals surface area contributed by atoms with Crippen molar-refractivity contribution in [2.45, 2.75) is 12.6 Å². The number of halogens is 6. The number of nitrogens with zero attached hydrogens (tertiary/aromatic N) is 1. The summed E-state index contributed by atoms with van der Waals surface area (Å²) < 4.78 is 76.9. The molecule has 102 valence electrons. The number of aromatic amines is 1. The van der Waals surface area contributed by atoms with Crippen molar-refractivity contribution in [1.29, 1.82) is 0 Å². The van der Waals surface area contributed by atoms with Crippen LogP contribution in [0.5, 0.6) is 0 Å². The number of hydrogen-bond donors (Lipinski definition) is 1. The van der Waals surface area contributed by atoms with Gasteiger partial charge in [0, 0.05) is 29.7 Å². The highest BCUT2D eigenvalue weighted by atomic mass is 19.4. The summed E-state index contributed by atoms with van der Waals surface area (Å²) in [7, 11) is 0. The quantitative estimate of drug-likeness (QED) is 0.839. The van der Waals surface area contributed by atoms with E-state index in [1.54, 1.807) is 5.10 Å². The first-order valence-corrected chi connectivity index (χ1v) is 5.02. The van der Waals surface area contributed by atoms with Crippen LogP contribution in [0.1, 0.15) is 16.8 Å². The fourth-order valence-corrected chi connectivity index (χ4v) is 1.62. The molecule has 1 N–H and O–H groups in total. The third-order valence-corrected chi connectivity index (χ3v) is 2.47. The van der Waals surface area contributed by atoms with Crippen molar-refractivity contribution in [2.75, 3.05) is 0 Å². The highest BCUT2D eigenvalue weighted by molar-refractivity contribution is 5.30. The summed E-state index contributed by atoms with van der Waals surface area (Å²) in [4.78, 5) is 0. The lowest BCUT2D eigenvalue weighted by atomic mass is 10.0. The number of alkyl halides is 3. The molecule has 0 bridgehead atoms. The summed E-state index contributed by atoms with van der Waals surface area (Å²) in [6.45, 7) is 0. The standard InChI is InChI=1S/C11H6F6N2/c12-6-2-8(13)7(9(14)3-6)1-5-4-18-19-10(5)11(15,16)17/h2-4H,1H2,(H,18,19). The van der Waals surface area contributed by atoms with E-state index in [2.05, 4.69) is 5.10 Å². The van der Waals surface area contributed by atoms with Gasteiger partial charge in [0.05, 0.1) is 6.20 Å². The number of nitrogens with one attached hydrogen (secondary N) is 1. The van der Waals surface area contributed by atoms with Gasteiger partial charge >= 0.3 is 6.18 Å². The van der Waals surface area contributed by atoms with Gasteiger partial charge in [0.2, 0.25) is 0 Å². The van der Waals surface area contributed by atoms with E-state index in [1.807, 2.05) is 0 Å². The Morgan fingerprint density at radius 2 is 1.63 bits per heavy atom. The monoisotopic (exact) mass is 280 g/mol. The molecule has 8 heteroatoms. The lowest BCUT2D eigenvalue weighted by molar-refractivity contribution is -0.141. The minimum absolute atomic E-state index is 0.408. The molecule has 2 nitrogen and oxygen atoms in total. The topological polar surface area (TPSA) is 28.7 Å². The Morgan fingerprint density at radius 3 is 2.16 bits per heavy atom. The summed E-state index contributed by atoms with van der Waals surface area (Å²) in [5.41, 5.74) is -2.25. The van der Waals surface area contributed by atoms with E-state index >= 15 is 0 Å². The van der Waals surface area contributed by atoms with Crippen molar-refractivity contribution in [3.63, 3.8) is 0 Å². The molecule has 0 fully saturated rings. The Bertz CT molecular complexity index is 578. The molecule has 0 unspecified atom stereocenters. The zero-order chi connectivity index (χ0) is 14.2. The average molecular weight is 280 g/mol. The van der Waals surface area contributed by atoms with Crippen molar-refractivity contribution in [3.05, 3.63) is 52.6 Å². The molecular weight excluding hydrogens is 274 g/mol. The maximum atomic E-state index is 13.3. The summed E-state index contributed by atoms with van der Waals surface area (Å²) in [6.07, 6.45) is -4.56. The largest absolute Gasteiger partial charge is 0.433 e. The third-order valence-electron chi connectivity index (χ3n) is 2.47. The van der Waals surface area contributed by atoms with Crippen LogP contribution in [0.25, 0.3) is 0 Å². The van der Waals surface area contributed by atoms with Gasteiger partial charge in [-0.1, -0.05) is 0 Å². The van der Waals surface area contributed by atoms with Gasteiger partial charge in [0.15, 0.2) is 0 Å². The average Bonchev–Trinajstić information content (AvgIpc) is 2.70. The molecule has 1 aromatic carbocycles. The van der Waals surface area contributed by atoms with Crippen LogP contribution in [0.3, 0.4) is 0 Å². The zero-order valence-electron chi connectivity index (χ0n) is 9.15. The van der Waals surface area contributed by atoms with Crippen LogP contribution >= 0.6 is 0 Å². The molecule has 2 rings (SSSR count). The maximum absolute atomic E-state index is 13.3. The van der Waals surface area contributed by atoms with Crippen LogP contribution in [0.2, 0.25) is 0 Å². The molecule has 0 aliphatic heterocycles. The number of H-pyrrole nitrogens is 1. The molecule has 0 saturated heterocycles. The molecule has 0 amide bonds.